The van der Waals surface area contributed by atoms with Gasteiger partial charge in [0.15, 0.2) is 0 Å². The van der Waals surface area contributed by atoms with Crippen LogP contribution in [0.25, 0.3) is 0 Å². The molecule has 0 radical (unpaired) electrons. The second-order valence-electron chi connectivity index (χ2n) is 4.17. The molecule has 0 amide bonds. The number of aliphatic hydroxyl groups is 1. The zero-order chi connectivity index (χ0) is 11.2. The Bertz CT molecular complexity index is 412. The lowest BCUT2D eigenvalue weighted by molar-refractivity contribution is -0.144. The number of carboxylic acid groups (broad SMARTS) is 1. The second-order valence-corrected chi connectivity index (χ2v) is 4.17. The molecule has 2 rings (SSSR count). The number of hydrogen-bond acceptors (Lipinski definition) is 4. The van der Waals surface area contributed by atoms with Gasteiger partial charge in [0, 0.05) is 6.42 Å². The third-order valence-electron chi connectivity index (χ3n) is 3.09. The van der Waals surface area contributed by atoms with Gasteiger partial charge in [0.1, 0.15) is 11.4 Å². The number of aliphatic carboxylic acids is 1. The Morgan fingerprint density at radius 2 is 2.40 bits per heavy atom. The molecule has 0 saturated carbocycles. The van der Waals surface area contributed by atoms with Crippen LogP contribution in [0.2, 0.25) is 0 Å². The predicted molar refractivity (Wildman–Crippen MR) is 50.3 cm³/mol. The number of aryl methyl sites for hydroxylation is 1. The Balaban J connectivity index is 2.47. The summed E-state index contributed by atoms with van der Waals surface area (Å²) in [5.41, 5.74) is -0.180. The molecule has 2 N–H and O–H groups in total. The Hall–Kier alpha value is -1.36. The summed E-state index contributed by atoms with van der Waals surface area (Å²) in [6.45, 7) is 3.53. The SMILES string of the molecule is Cc1noc2c1C(O)(CC(=O)O)C(C)C2. The number of carbonyl (C=O) groups is 1. The van der Waals surface area contributed by atoms with Crippen LogP contribution in [0.1, 0.15) is 30.4 Å². The minimum absolute atomic E-state index is 0.149. The van der Waals surface area contributed by atoms with E-state index in [1.165, 1.54) is 0 Å². The molecule has 82 valence electrons. The minimum Gasteiger partial charge on any atom is -0.481 e. The van der Waals surface area contributed by atoms with Crippen molar-refractivity contribution in [3.63, 3.8) is 0 Å². The first-order chi connectivity index (χ1) is 6.95. The summed E-state index contributed by atoms with van der Waals surface area (Å²) >= 11 is 0. The predicted octanol–water partition coefficient (Wildman–Crippen LogP) is 0.838. The fraction of sp³-hybridized carbons (Fsp3) is 0.600. The van der Waals surface area contributed by atoms with Crippen LogP contribution in [0.3, 0.4) is 0 Å². The minimum atomic E-state index is -1.33. The van der Waals surface area contributed by atoms with Gasteiger partial charge in [-0.3, -0.25) is 4.79 Å². The summed E-state index contributed by atoms with van der Waals surface area (Å²) in [4.78, 5) is 10.7. The summed E-state index contributed by atoms with van der Waals surface area (Å²) in [5.74, 6) is -0.550. The molecular weight excluding hydrogens is 198 g/mol. The molecular formula is C10H13NO4. The van der Waals surface area contributed by atoms with Crippen molar-refractivity contribution in [3.8, 4) is 0 Å². The average molecular weight is 211 g/mol. The van der Waals surface area contributed by atoms with Gasteiger partial charge < -0.3 is 14.7 Å². The van der Waals surface area contributed by atoms with Gasteiger partial charge in [0.25, 0.3) is 0 Å². The molecule has 1 aromatic heterocycles. The molecule has 0 saturated heterocycles. The summed E-state index contributed by atoms with van der Waals surface area (Å²) in [7, 11) is 0. The van der Waals surface area contributed by atoms with Crippen molar-refractivity contribution in [2.45, 2.75) is 32.3 Å². The van der Waals surface area contributed by atoms with E-state index in [0.29, 0.717) is 23.4 Å². The van der Waals surface area contributed by atoms with Crippen molar-refractivity contribution >= 4 is 5.97 Å². The smallest absolute Gasteiger partial charge is 0.306 e. The van der Waals surface area contributed by atoms with Crippen LogP contribution in [0.5, 0.6) is 0 Å². The maximum atomic E-state index is 10.7. The van der Waals surface area contributed by atoms with Gasteiger partial charge >= 0.3 is 5.97 Å². The van der Waals surface area contributed by atoms with Gasteiger partial charge in [-0.25, -0.2) is 0 Å². The molecule has 5 heteroatoms. The Labute approximate surface area is 86.7 Å². The van der Waals surface area contributed by atoms with Gasteiger partial charge in [-0.2, -0.15) is 0 Å². The number of hydrogen-bond donors (Lipinski definition) is 2. The molecule has 1 aromatic rings. The Kier molecular flexibility index (Phi) is 2.08. The van der Waals surface area contributed by atoms with Gasteiger partial charge in [-0.15, -0.1) is 0 Å². The lowest BCUT2D eigenvalue weighted by atomic mass is 9.85. The summed E-state index contributed by atoms with van der Waals surface area (Å²) in [6.07, 6.45) is 0.239. The zero-order valence-electron chi connectivity index (χ0n) is 8.65. The Morgan fingerprint density at radius 1 is 1.73 bits per heavy atom. The molecule has 0 aliphatic heterocycles. The van der Waals surface area contributed by atoms with Gasteiger partial charge in [-0.05, 0) is 12.8 Å². The topological polar surface area (TPSA) is 83.6 Å². The number of carboxylic acids is 1. The monoisotopic (exact) mass is 211 g/mol. The standard InChI is InChI=1S/C10H13NO4/c1-5-3-7-9(6(2)11-15-7)10(5,14)4-8(12)13/h5,14H,3-4H2,1-2H3,(H,12,13). The largest absolute Gasteiger partial charge is 0.481 e. The van der Waals surface area contributed by atoms with Crippen molar-refractivity contribution in [1.82, 2.24) is 5.16 Å². The van der Waals surface area contributed by atoms with E-state index in [9.17, 15) is 9.90 Å². The van der Waals surface area contributed by atoms with E-state index in [0.717, 1.165) is 0 Å². The molecule has 0 aromatic carbocycles. The van der Waals surface area contributed by atoms with Crippen LogP contribution in [-0.4, -0.2) is 21.3 Å². The van der Waals surface area contributed by atoms with Crippen molar-refractivity contribution in [2.75, 3.05) is 0 Å². The quantitative estimate of drug-likeness (QED) is 0.757. The summed E-state index contributed by atoms with van der Waals surface area (Å²) < 4.78 is 5.05. The molecule has 0 spiro atoms. The number of fused-ring (bicyclic) bond motifs is 1. The van der Waals surface area contributed by atoms with Gasteiger partial charge in [0.05, 0.1) is 17.7 Å². The van der Waals surface area contributed by atoms with Crippen LogP contribution in [0.4, 0.5) is 0 Å². The van der Waals surface area contributed by atoms with Gasteiger partial charge in [0.2, 0.25) is 0 Å². The van der Waals surface area contributed by atoms with Crippen molar-refractivity contribution in [1.29, 1.82) is 0 Å². The lowest BCUT2D eigenvalue weighted by Gasteiger charge is -2.26. The van der Waals surface area contributed by atoms with E-state index in [4.69, 9.17) is 9.63 Å². The maximum Gasteiger partial charge on any atom is 0.306 e. The highest BCUT2D eigenvalue weighted by Gasteiger charge is 2.48. The highest BCUT2D eigenvalue weighted by atomic mass is 16.5. The molecule has 2 unspecified atom stereocenters. The molecule has 0 bridgehead atoms. The maximum absolute atomic E-state index is 10.7. The lowest BCUT2D eigenvalue weighted by Crippen LogP contribution is -2.33. The molecule has 15 heavy (non-hydrogen) atoms. The van der Waals surface area contributed by atoms with Crippen molar-refractivity contribution in [3.05, 3.63) is 17.0 Å². The molecule has 2 atom stereocenters. The van der Waals surface area contributed by atoms with E-state index >= 15 is 0 Å². The third-order valence-corrected chi connectivity index (χ3v) is 3.09. The Morgan fingerprint density at radius 3 is 3.00 bits per heavy atom. The van der Waals surface area contributed by atoms with E-state index in [-0.39, 0.29) is 12.3 Å². The number of aromatic nitrogens is 1. The van der Waals surface area contributed by atoms with E-state index in [1.807, 2.05) is 6.92 Å². The second kappa shape index (κ2) is 3.06. The third kappa shape index (κ3) is 1.34. The fourth-order valence-corrected chi connectivity index (χ4v) is 2.30. The van der Waals surface area contributed by atoms with Crippen LogP contribution in [0.15, 0.2) is 4.52 Å². The van der Waals surface area contributed by atoms with Crippen molar-refractivity contribution < 1.29 is 19.5 Å². The van der Waals surface area contributed by atoms with E-state index in [1.54, 1.807) is 6.92 Å². The van der Waals surface area contributed by atoms with Crippen LogP contribution >= 0.6 is 0 Å². The zero-order valence-corrected chi connectivity index (χ0v) is 8.65. The van der Waals surface area contributed by atoms with Crippen LogP contribution in [0, 0.1) is 12.8 Å². The van der Waals surface area contributed by atoms with Crippen LogP contribution in [-0.2, 0) is 16.8 Å². The highest BCUT2D eigenvalue weighted by Crippen LogP contribution is 2.45. The normalized spacial score (nSPS) is 29.1. The molecule has 1 aliphatic rings. The average Bonchev–Trinajstić information content (AvgIpc) is 2.55. The van der Waals surface area contributed by atoms with E-state index < -0.39 is 11.6 Å². The first kappa shape index (κ1) is 10.2. The highest BCUT2D eigenvalue weighted by molar-refractivity contribution is 5.69. The fourth-order valence-electron chi connectivity index (χ4n) is 2.30. The van der Waals surface area contributed by atoms with E-state index in [2.05, 4.69) is 5.16 Å². The summed E-state index contributed by atoms with van der Waals surface area (Å²) in [5, 5.41) is 22.9. The number of nitrogens with zero attached hydrogens (tertiary/aromatic N) is 1. The first-order valence-electron chi connectivity index (χ1n) is 4.85. The van der Waals surface area contributed by atoms with Gasteiger partial charge in [-0.1, -0.05) is 12.1 Å². The molecule has 1 heterocycles. The van der Waals surface area contributed by atoms with Crippen LogP contribution < -0.4 is 0 Å². The molecule has 0 fully saturated rings. The molecule has 1 aliphatic carbocycles. The number of rotatable bonds is 2. The van der Waals surface area contributed by atoms with Crippen molar-refractivity contribution in [2.24, 2.45) is 5.92 Å². The summed E-state index contributed by atoms with van der Waals surface area (Å²) in [6, 6.07) is 0. The molecule has 5 nitrogen and oxygen atoms in total. The first-order valence-corrected chi connectivity index (χ1v) is 4.85.